The quantitative estimate of drug-likeness (QED) is 0.802. The van der Waals surface area contributed by atoms with E-state index in [1.54, 1.807) is 24.3 Å². The van der Waals surface area contributed by atoms with E-state index in [1.807, 2.05) is 6.92 Å². The van der Waals surface area contributed by atoms with Gasteiger partial charge in [-0.05, 0) is 25.5 Å². The van der Waals surface area contributed by atoms with Crippen molar-refractivity contribution in [1.29, 1.82) is 0 Å². The predicted octanol–water partition coefficient (Wildman–Crippen LogP) is 2.37. The molecule has 0 aromatic heterocycles. The van der Waals surface area contributed by atoms with E-state index in [9.17, 15) is 9.59 Å². The first-order valence-corrected chi connectivity index (χ1v) is 6.21. The third-order valence-electron chi connectivity index (χ3n) is 2.50. The summed E-state index contributed by atoms with van der Waals surface area (Å²) >= 11 is 0. The lowest BCUT2D eigenvalue weighted by atomic mass is 10.2. The highest BCUT2D eigenvalue weighted by atomic mass is 16.5. The minimum Gasteiger partial charge on any atom is -0.495 e. The molecule has 5 nitrogen and oxygen atoms in total. The molecule has 0 saturated heterocycles. The Labute approximate surface area is 112 Å². The number of hydrogen-bond acceptors (Lipinski definition) is 4. The molecule has 104 valence electrons. The van der Waals surface area contributed by atoms with Gasteiger partial charge in [0.25, 0.3) is 5.91 Å². The van der Waals surface area contributed by atoms with E-state index in [-0.39, 0.29) is 11.9 Å². The molecule has 0 aliphatic heterocycles. The molecule has 5 heteroatoms. The fourth-order valence-electron chi connectivity index (χ4n) is 1.50. The summed E-state index contributed by atoms with van der Waals surface area (Å²) < 4.78 is 10.1. The Balaban J connectivity index is 2.61. The van der Waals surface area contributed by atoms with Gasteiger partial charge in [-0.3, -0.25) is 9.59 Å². The van der Waals surface area contributed by atoms with Crippen molar-refractivity contribution in [3.8, 4) is 5.75 Å². The predicted molar refractivity (Wildman–Crippen MR) is 72.1 cm³/mol. The number of ether oxygens (including phenoxy) is 2. The number of amides is 1. The smallest absolute Gasteiger partial charge is 0.306 e. The summed E-state index contributed by atoms with van der Waals surface area (Å²) in [6, 6.07) is 7.05. The SMILES string of the molecule is CCCC(=O)O[C@H](C)C(=O)Nc1ccccc1OC. The largest absolute Gasteiger partial charge is 0.495 e. The van der Waals surface area contributed by atoms with Crippen molar-refractivity contribution in [3.05, 3.63) is 24.3 Å². The van der Waals surface area contributed by atoms with Crippen LogP contribution in [0.5, 0.6) is 5.75 Å². The molecule has 1 aromatic carbocycles. The van der Waals surface area contributed by atoms with Crippen molar-refractivity contribution in [1.82, 2.24) is 0 Å². The van der Waals surface area contributed by atoms with Crippen LogP contribution in [0, 0.1) is 0 Å². The highest BCUT2D eigenvalue weighted by Gasteiger charge is 2.18. The van der Waals surface area contributed by atoms with Gasteiger partial charge in [-0.1, -0.05) is 19.1 Å². The normalized spacial score (nSPS) is 11.5. The number of rotatable bonds is 6. The lowest BCUT2D eigenvalue weighted by Gasteiger charge is -2.14. The first-order chi connectivity index (χ1) is 9.08. The molecule has 19 heavy (non-hydrogen) atoms. The van der Waals surface area contributed by atoms with Gasteiger partial charge < -0.3 is 14.8 Å². The van der Waals surface area contributed by atoms with E-state index >= 15 is 0 Å². The van der Waals surface area contributed by atoms with Crippen molar-refractivity contribution in [2.75, 3.05) is 12.4 Å². The summed E-state index contributed by atoms with van der Waals surface area (Å²) in [6.07, 6.45) is 0.176. The van der Waals surface area contributed by atoms with Crippen molar-refractivity contribution >= 4 is 17.6 Å². The maximum Gasteiger partial charge on any atom is 0.306 e. The summed E-state index contributed by atoms with van der Waals surface area (Å²) in [5.74, 6) is -0.193. The van der Waals surface area contributed by atoms with Crippen LogP contribution in [0.1, 0.15) is 26.7 Å². The minimum atomic E-state index is -0.830. The van der Waals surface area contributed by atoms with E-state index in [1.165, 1.54) is 14.0 Å². The van der Waals surface area contributed by atoms with Crippen LogP contribution in [0.2, 0.25) is 0 Å². The zero-order chi connectivity index (χ0) is 14.3. The van der Waals surface area contributed by atoms with Gasteiger partial charge >= 0.3 is 5.97 Å². The Morgan fingerprint density at radius 1 is 1.32 bits per heavy atom. The lowest BCUT2D eigenvalue weighted by molar-refractivity contribution is -0.153. The highest BCUT2D eigenvalue weighted by Crippen LogP contribution is 2.23. The van der Waals surface area contributed by atoms with Crippen molar-refractivity contribution in [3.63, 3.8) is 0 Å². The van der Waals surface area contributed by atoms with Gasteiger partial charge in [-0.25, -0.2) is 0 Å². The molecule has 0 spiro atoms. The molecule has 1 amide bonds. The maximum atomic E-state index is 11.9. The van der Waals surface area contributed by atoms with Crippen LogP contribution in [-0.4, -0.2) is 25.1 Å². The van der Waals surface area contributed by atoms with Crippen molar-refractivity contribution < 1.29 is 19.1 Å². The fraction of sp³-hybridized carbons (Fsp3) is 0.429. The maximum absolute atomic E-state index is 11.9. The Hall–Kier alpha value is -2.04. The molecule has 1 N–H and O–H groups in total. The summed E-state index contributed by atoms with van der Waals surface area (Å²) in [6.45, 7) is 3.42. The number of methoxy groups -OCH3 is 1. The van der Waals surface area contributed by atoms with Crippen LogP contribution in [0.3, 0.4) is 0 Å². The Kier molecular flexibility index (Phi) is 5.85. The Morgan fingerprint density at radius 2 is 2.00 bits per heavy atom. The van der Waals surface area contributed by atoms with Gasteiger partial charge in [0.2, 0.25) is 0 Å². The highest BCUT2D eigenvalue weighted by molar-refractivity contribution is 5.96. The molecule has 1 aromatic rings. The van der Waals surface area contributed by atoms with Crippen molar-refractivity contribution in [2.24, 2.45) is 0 Å². The first kappa shape index (κ1) is 15.0. The van der Waals surface area contributed by atoms with Crippen LogP contribution in [0.4, 0.5) is 5.69 Å². The fourth-order valence-corrected chi connectivity index (χ4v) is 1.50. The summed E-state index contributed by atoms with van der Waals surface area (Å²) in [5, 5.41) is 2.67. The molecule has 0 heterocycles. The molecule has 0 bridgehead atoms. The van der Waals surface area contributed by atoms with Crippen LogP contribution < -0.4 is 10.1 Å². The van der Waals surface area contributed by atoms with E-state index in [0.717, 1.165) is 0 Å². The number of carbonyl (C=O) groups is 2. The number of esters is 1. The molecule has 0 radical (unpaired) electrons. The average Bonchev–Trinajstić information content (AvgIpc) is 2.39. The zero-order valence-electron chi connectivity index (χ0n) is 11.4. The number of hydrogen-bond donors (Lipinski definition) is 1. The summed E-state index contributed by atoms with van der Waals surface area (Å²) in [5.41, 5.74) is 0.549. The summed E-state index contributed by atoms with van der Waals surface area (Å²) in [7, 11) is 1.52. The molecular formula is C14H19NO4. The molecule has 0 aliphatic rings. The van der Waals surface area contributed by atoms with Crippen molar-refractivity contribution in [2.45, 2.75) is 32.8 Å². The molecular weight excluding hydrogens is 246 g/mol. The Bertz CT molecular complexity index is 445. The van der Waals surface area contributed by atoms with E-state index in [4.69, 9.17) is 9.47 Å². The molecule has 0 aliphatic carbocycles. The molecule has 0 saturated carbocycles. The lowest BCUT2D eigenvalue weighted by Crippen LogP contribution is -2.30. The van der Waals surface area contributed by atoms with Crippen LogP contribution in [0.25, 0.3) is 0 Å². The number of carbonyl (C=O) groups excluding carboxylic acids is 2. The zero-order valence-corrected chi connectivity index (χ0v) is 11.4. The standard InChI is InChI=1S/C14H19NO4/c1-4-7-13(16)19-10(2)14(17)15-11-8-5-6-9-12(11)18-3/h5-6,8-10H,4,7H2,1-3H3,(H,15,17)/t10-/m1/s1. The van der Waals surface area contributed by atoms with Crippen LogP contribution in [0.15, 0.2) is 24.3 Å². The van der Waals surface area contributed by atoms with Gasteiger partial charge in [0.15, 0.2) is 6.10 Å². The Morgan fingerprint density at radius 3 is 2.63 bits per heavy atom. The van der Waals surface area contributed by atoms with Gasteiger partial charge in [0.05, 0.1) is 12.8 Å². The first-order valence-electron chi connectivity index (χ1n) is 6.21. The minimum absolute atomic E-state index is 0.312. The molecule has 1 atom stereocenters. The van der Waals surface area contributed by atoms with Crippen LogP contribution >= 0.6 is 0 Å². The van der Waals surface area contributed by atoms with Gasteiger partial charge in [-0.2, -0.15) is 0 Å². The van der Waals surface area contributed by atoms with E-state index in [2.05, 4.69) is 5.32 Å². The third-order valence-corrected chi connectivity index (χ3v) is 2.50. The number of benzene rings is 1. The summed E-state index contributed by atoms with van der Waals surface area (Å²) in [4.78, 5) is 23.2. The number of anilines is 1. The molecule has 1 rings (SSSR count). The van der Waals surface area contributed by atoms with E-state index < -0.39 is 6.10 Å². The van der Waals surface area contributed by atoms with Gasteiger partial charge in [0.1, 0.15) is 5.75 Å². The topological polar surface area (TPSA) is 64.6 Å². The third kappa shape index (κ3) is 4.62. The number of nitrogens with one attached hydrogen (secondary N) is 1. The second-order valence-electron chi connectivity index (χ2n) is 4.07. The average molecular weight is 265 g/mol. The van der Waals surface area contributed by atoms with Gasteiger partial charge in [-0.15, -0.1) is 0 Å². The molecule has 0 fully saturated rings. The van der Waals surface area contributed by atoms with Gasteiger partial charge in [0, 0.05) is 6.42 Å². The molecule has 0 unspecified atom stereocenters. The van der Waals surface area contributed by atoms with E-state index in [0.29, 0.717) is 24.3 Å². The second kappa shape index (κ2) is 7.41. The number of para-hydroxylation sites is 2. The van der Waals surface area contributed by atoms with Crippen LogP contribution in [-0.2, 0) is 14.3 Å². The monoisotopic (exact) mass is 265 g/mol. The second-order valence-corrected chi connectivity index (χ2v) is 4.07.